The summed E-state index contributed by atoms with van der Waals surface area (Å²) in [5.41, 5.74) is 3.13. The van der Waals surface area contributed by atoms with Gasteiger partial charge in [-0.25, -0.2) is 13.1 Å². The van der Waals surface area contributed by atoms with Crippen molar-refractivity contribution in [1.82, 2.24) is 9.71 Å². The summed E-state index contributed by atoms with van der Waals surface area (Å²) in [4.78, 5) is 4.89. The van der Waals surface area contributed by atoms with Crippen LogP contribution in [0.3, 0.4) is 0 Å². The molecule has 1 aromatic carbocycles. The molecule has 0 atom stereocenters. The highest BCUT2D eigenvalue weighted by Crippen LogP contribution is 2.16. The quantitative estimate of drug-likeness (QED) is 0.875. The standard InChI is InChI=1S/C12H14N2O3S2/c1-9-2-3-12(4-10(9)7-15)19(16,17)14-6-11-5-13-8-18-11/h2-5,8,14-15H,6-7H2,1H3. The molecule has 0 aliphatic carbocycles. The number of hydrogen-bond donors (Lipinski definition) is 2. The number of thiazole rings is 1. The van der Waals surface area contributed by atoms with Crippen molar-refractivity contribution in [1.29, 1.82) is 0 Å². The monoisotopic (exact) mass is 298 g/mol. The van der Waals surface area contributed by atoms with Crippen LogP contribution < -0.4 is 4.72 Å². The SMILES string of the molecule is Cc1ccc(S(=O)(=O)NCc2cncs2)cc1CO. The van der Waals surface area contributed by atoms with Crippen LogP contribution in [0, 0.1) is 6.92 Å². The van der Waals surface area contributed by atoms with Crippen molar-refractivity contribution in [2.45, 2.75) is 25.0 Å². The molecule has 2 N–H and O–H groups in total. The smallest absolute Gasteiger partial charge is 0.240 e. The number of aliphatic hydroxyl groups excluding tert-OH is 1. The van der Waals surface area contributed by atoms with Gasteiger partial charge in [-0.2, -0.15) is 0 Å². The lowest BCUT2D eigenvalue weighted by Crippen LogP contribution is -2.23. The molecule has 1 aromatic heterocycles. The van der Waals surface area contributed by atoms with Gasteiger partial charge >= 0.3 is 0 Å². The first-order valence-electron chi connectivity index (χ1n) is 5.60. The number of nitrogens with zero attached hydrogens (tertiary/aromatic N) is 1. The van der Waals surface area contributed by atoms with Crippen molar-refractivity contribution in [3.05, 3.63) is 45.9 Å². The zero-order chi connectivity index (χ0) is 13.9. The van der Waals surface area contributed by atoms with Gasteiger partial charge in [-0.3, -0.25) is 4.98 Å². The third kappa shape index (κ3) is 3.38. The van der Waals surface area contributed by atoms with E-state index < -0.39 is 10.0 Å². The molecule has 0 amide bonds. The minimum absolute atomic E-state index is 0.159. The fourth-order valence-electron chi connectivity index (χ4n) is 1.56. The second-order valence-corrected chi connectivity index (χ2v) is 6.78. The van der Waals surface area contributed by atoms with Gasteiger partial charge in [-0.1, -0.05) is 6.07 Å². The third-order valence-electron chi connectivity index (χ3n) is 2.72. The molecular formula is C12H14N2O3S2. The Hall–Kier alpha value is -1.28. The summed E-state index contributed by atoms with van der Waals surface area (Å²) < 4.78 is 26.7. The summed E-state index contributed by atoms with van der Waals surface area (Å²) in [6.07, 6.45) is 1.63. The van der Waals surface area contributed by atoms with Crippen LogP contribution in [0.2, 0.25) is 0 Å². The molecule has 0 aliphatic heterocycles. The fraction of sp³-hybridized carbons (Fsp3) is 0.250. The van der Waals surface area contributed by atoms with Gasteiger partial charge in [0.1, 0.15) is 0 Å². The molecule has 0 bridgehead atoms. The van der Waals surface area contributed by atoms with E-state index in [4.69, 9.17) is 5.11 Å². The summed E-state index contributed by atoms with van der Waals surface area (Å²) in [5, 5.41) is 9.17. The Morgan fingerprint density at radius 2 is 2.21 bits per heavy atom. The van der Waals surface area contributed by atoms with Crippen LogP contribution in [0.1, 0.15) is 16.0 Å². The predicted molar refractivity (Wildman–Crippen MR) is 73.2 cm³/mol. The lowest BCUT2D eigenvalue weighted by Gasteiger charge is -2.08. The van der Waals surface area contributed by atoms with Crippen molar-refractivity contribution in [2.24, 2.45) is 0 Å². The zero-order valence-electron chi connectivity index (χ0n) is 10.3. The van der Waals surface area contributed by atoms with E-state index in [0.717, 1.165) is 10.4 Å². The molecule has 19 heavy (non-hydrogen) atoms. The van der Waals surface area contributed by atoms with Gasteiger partial charge in [-0.15, -0.1) is 11.3 Å². The molecule has 102 valence electrons. The summed E-state index contributed by atoms with van der Waals surface area (Å²) in [6, 6.07) is 4.71. The van der Waals surface area contributed by atoms with Gasteiger partial charge in [0, 0.05) is 17.6 Å². The van der Waals surface area contributed by atoms with Crippen molar-refractivity contribution >= 4 is 21.4 Å². The minimum Gasteiger partial charge on any atom is -0.392 e. The summed E-state index contributed by atoms with van der Waals surface area (Å²) in [6.45, 7) is 1.87. The van der Waals surface area contributed by atoms with Crippen LogP contribution in [-0.2, 0) is 23.2 Å². The Balaban J connectivity index is 2.19. The van der Waals surface area contributed by atoms with E-state index in [1.807, 2.05) is 6.92 Å². The predicted octanol–water partition coefficient (Wildman–Crippen LogP) is 1.42. The first-order valence-corrected chi connectivity index (χ1v) is 7.96. The zero-order valence-corrected chi connectivity index (χ0v) is 12.0. The molecular weight excluding hydrogens is 284 g/mol. The molecule has 2 rings (SSSR count). The Morgan fingerprint density at radius 3 is 2.84 bits per heavy atom. The van der Waals surface area contributed by atoms with Gasteiger partial charge in [-0.05, 0) is 30.2 Å². The molecule has 0 spiro atoms. The van der Waals surface area contributed by atoms with Crippen molar-refractivity contribution in [3.8, 4) is 0 Å². The topological polar surface area (TPSA) is 79.3 Å². The van der Waals surface area contributed by atoms with E-state index in [-0.39, 0.29) is 18.0 Å². The van der Waals surface area contributed by atoms with Gasteiger partial charge in [0.25, 0.3) is 0 Å². The maximum atomic E-state index is 12.1. The summed E-state index contributed by atoms with van der Waals surface area (Å²) in [5.74, 6) is 0. The van der Waals surface area contributed by atoms with Crippen LogP contribution in [-0.4, -0.2) is 18.5 Å². The normalized spacial score (nSPS) is 11.7. The van der Waals surface area contributed by atoms with Crippen molar-refractivity contribution < 1.29 is 13.5 Å². The highest BCUT2D eigenvalue weighted by Gasteiger charge is 2.15. The maximum absolute atomic E-state index is 12.1. The van der Waals surface area contributed by atoms with Crippen molar-refractivity contribution in [2.75, 3.05) is 0 Å². The Labute approximate surface area is 116 Å². The number of rotatable bonds is 5. The van der Waals surface area contributed by atoms with E-state index in [1.54, 1.807) is 17.8 Å². The first kappa shape index (κ1) is 14.1. The second-order valence-electron chi connectivity index (χ2n) is 4.04. The third-order valence-corrected chi connectivity index (χ3v) is 4.90. The average Bonchev–Trinajstić information content (AvgIpc) is 2.90. The largest absolute Gasteiger partial charge is 0.392 e. The molecule has 0 aliphatic rings. The number of aryl methyl sites for hydroxylation is 1. The number of aromatic nitrogens is 1. The second kappa shape index (κ2) is 5.79. The Bertz CT molecular complexity index is 652. The van der Waals surface area contributed by atoms with Crippen LogP contribution in [0.15, 0.2) is 34.8 Å². The number of benzene rings is 1. The molecule has 0 saturated heterocycles. The Kier molecular flexibility index (Phi) is 4.31. The lowest BCUT2D eigenvalue weighted by atomic mass is 10.1. The van der Waals surface area contributed by atoms with Gasteiger partial charge in [0.05, 0.1) is 17.0 Å². The lowest BCUT2D eigenvalue weighted by molar-refractivity contribution is 0.280. The van der Waals surface area contributed by atoms with E-state index in [9.17, 15) is 8.42 Å². The van der Waals surface area contributed by atoms with E-state index >= 15 is 0 Å². The molecule has 0 radical (unpaired) electrons. The van der Waals surface area contributed by atoms with Gasteiger partial charge in [0.15, 0.2) is 0 Å². The van der Waals surface area contributed by atoms with Crippen LogP contribution in [0.4, 0.5) is 0 Å². The van der Waals surface area contributed by atoms with Crippen LogP contribution >= 0.6 is 11.3 Å². The number of aliphatic hydroxyl groups is 1. The molecule has 5 nitrogen and oxygen atoms in total. The first-order chi connectivity index (χ1) is 9.03. The molecule has 7 heteroatoms. The highest BCUT2D eigenvalue weighted by molar-refractivity contribution is 7.89. The molecule has 0 saturated carbocycles. The van der Waals surface area contributed by atoms with Gasteiger partial charge in [0.2, 0.25) is 10.0 Å². The van der Waals surface area contributed by atoms with Gasteiger partial charge < -0.3 is 5.11 Å². The van der Waals surface area contributed by atoms with Crippen LogP contribution in [0.5, 0.6) is 0 Å². The average molecular weight is 298 g/mol. The molecule has 0 unspecified atom stereocenters. The van der Waals surface area contributed by atoms with E-state index in [0.29, 0.717) is 5.56 Å². The summed E-state index contributed by atoms with van der Waals surface area (Å²) in [7, 11) is -3.57. The minimum atomic E-state index is -3.57. The van der Waals surface area contributed by atoms with E-state index in [1.165, 1.54) is 23.5 Å². The number of sulfonamides is 1. The molecule has 1 heterocycles. The fourth-order valence-corrected chi connectivity index (χ4v) is 3.25. The van der Waals surface area contributed by atoms with Crippen molar-refractivity contribution in [3.63, 3.8) is 0 Å². The van der Waals surface area contributed by atoms with Crippen LogP contribution in [0.25, 0.3) is 0 Å². The summed E-state index contributed by atoms with van der Waals surface area (Å²) >= 11 is 1.39. The maximum Gasteiger partial charge on any atom is 0.240 e. The number of nitrogens with one attached hydrogen (secondary N) is 1. The highest BCUT2D eigenvalue weighted by atomic mass is 32.2. The Morgan fingerprint density at radius 1 is 1.42 bits per heavy atom. The molecule has 0 fully saturated rings. The number of hydrogen-bond acceptors (Lipinski definition) is 5. The molecule has 2 aromatic rings. The van der Waals surface area contributed by atoms with E-state index in [2.05, 4.69) is 9.71 Å².